The second-order valence-electron chi connectivity index (χ2n) is 4.55. The maximum absolute atomic E-state index is 6.19. The summed E-state index contributed by atoms with van der Waals surface area (Å²) in [4.78, 5) is 6.64. The summed E-state index contributed by atoms with van der Waals surface area (Å²) in [6.07, 6.45) is 5.85. The fraction of sp³-hybridized carbons (Fsp3) is 0.533. The molecular formula is C15H24ClN3. The van der Waals surface area contributed by atoms with Gasteiger partial charge in [0.25, 0.3) is 0 Å². The fourth-order valence-electron chi connectivity index (χ4n) is 1.90. The van der Waals surface area contributed by atoms with Crippen LogP contribution in [0.2, 0.25) is 5.02 Å². The molecule has 1 heterocycles. The molecule has 0 aliphatic carbocycles. The average molecular weight is 282 g/mol. The molecule has 3 nitrogen and oxygen atoms in total. The summed E-state index contributed by atoms with van der Waals surface area (Å²) in [6, 6.07) is 2.07. The van der Waals surface area contributed by atoms with Gasteiger partial charge in [-0.15, -0.1) is 6.58 Å². The summed E-state index contributed by atoms with van der Waals surface area (Å²) in [5, 5.41) is 4.10. The van der Waals surface area contributed by atoms with Gasteiger partial charge in [0.1, 0.15) is 5.82 Å². The number of anilines is 1. The van der Waals surface area contributed by atoms with Crippen LogP contribution < -0.4 is 10.2 Å². The van der Waals surface area contributed by atoms with E-state index in [9.17, 15) is 0 Å². The third kappa shape index (κ3) is 5.21. The number of halogens is 1. The van der Waals surface area contributed by atoms with Crippen molar-refractivity contribution in [1.82, 2.24) is 10.3 Å². The maximum atomic E-state index is 6.19. The van der Waals surface area contributed by atoms with Crippen LogP contribution in [0.4, 0.5) is 5.82 Å². The molecule has 0 bridgehead atoms. The summed E-state index contributed by atoms with van der Waals surface area (Å²) in [5.41, 5.74) is 1.10. The lowest BCUT2D eigenvalue weighted by Gasteiger charge is -2.22. The predicted octanol–water partition coefficient (Wildman–Crippen LogP) is 3.64. The molecule has 0 amide bonds. The lowest BCUT2D eigenvalue weighted by atomic mass is 10.2. The first-order valence-corrected chi connectivity index (χ1v) is 7.31. The van der Waals surface area contributed by atoms with E-state index in [0.717, 1.165) is 55.4 Å². The zero-order valence-electron chi connectivity index (χ0n) is 12.0. The molecule has 0 saturated heterocycles. The van der Waals surface area contributed by atoms with Gasteiger partial charge in [-0.05, 0) is 31.0 Å². The number of nitrogens with one attached hydrogen (secondary N) is 1. The fourth-order valence-corrected chi connectivity index (χ4v) is 2.07. The van der Waals surface area contributed by atoms with Crippen molar-refractivity contribution in [3.63, 3.8) is 0 Å². The van der Waals surface area contributed by atoms with Gasteiger partial charge >= 0.3 is 0 Å². The first-order chi connectivity index (χ1) is 9.22. The highest BCUT2D eigenvalue weighted by atomic mass is 35.5. The quantitative estimate of drug-likeness (QED) is 0.553. The van der Waals surface area contributed by atoms with Crippen LogP contribution in [-0.2, 0) is 6.54 Å². The number of hydrogen-bond donors (Lipinski definition) is 1. The molecule has 0 atom stereocenters. The number of rotatable bonds is 9. The zero-order valence-corrected chi connectivity index (χ0v) is 12.7. The summed E-state index contributed by atoms with van der Waals surface area (Å²) < 4.78 is 0. The number of aromatic nitrogens is 1. The minimum Gasteiger partial charge on any atom is -0.353 e. The Bertz CT molecular complexity index is 393. The standard InChI is InChI=1S/C15H24ClN3/c1-4-7-17-11-13-10-15(18-12-14(13)16)19(8-5-2)9-6-3/h5,10,12,17H,2,4,6-9,11H2,1,3H3. The third-order valence-electron chi connectivity index (χ3n) is 2.83. The molecule has 1 aromatic rings. The lowest BCUT2D eigenvalue weighted by Crippen LogP contribution is -2.25. The van der Waals surface area contributed by atoms with E-state index >= 15 is 0 Å². The molecule has 1 aromatic heterocycles. The van der Waals surface area contributed by atoms with Gasteiger partial charge in [-0.25, -0.2) is 4.98 Å². The molecule has 1 rings (SSSR count). The summed E-state index contributed by atoms with van der Waals surface area (Å²) >= 11 is 6.19. The van der Waals surface area contributed by atoms with Gasteiger partial charge in [0.2, 0.25) is 0 Å². The summed E-state index contributed by atoms with van der Waals surface area (Å²) in [6.45, 7) is 11.7. The molecule has 19 heavy (non-hydrogen) atoms. The molecule has 0 spiro atoms. The highest BCUT2D eigenvalue weighted by Gasteiger charge is 2.08. The number of nitrogens with zero attached hydrogens (tertiary/aromatic N) is 2. The van der Waals surface area contributed by atoms with Gasteiger partial charge in [0, 0.05) is 25.8 Å². The van der Waals surface area contributed by atoms with E-state index in [0.29, 0.717) is 0 Å². The van der Waals surface area contributed by atoms with E-state index in [1.165, 1.54) is 0 Å². The second-order valence-corrected chi connectivity index (χ2v) is 4.95. The van der Waals surface area contributed by atoms with Crippen LogP contribution >= 0.6 is 11.6 Å². The van der Waals surface area contributed by atoms with Crippen molar-refractivity contribution in [2.24, 2.45) is 0 Å². The minimum atomic E-state index is 0.724. The minimum absolute atomic E-state index is 0.724. The highest BCUT2D eigenvalue weighted by Crippen LogP contribution is 2.20. The van der Waals surface area contributed by atoms with Crippen molar-refractivity contribution in [3.8, 4) is 0 Å². The topological polar surface area (TPSA) is 28.2 Å². The molecule has 0 fully saturated rings. The molecular weight excluding hydrogens is 258 g/mol. The van der Waals surface area contributed by atoms with Crippen molar-refractivity contribution in [2.45, 2.75) is 33.2 Å². The van der Waals surface area contributed by atoms with E-state index in [1.807, 2.05) is 6.08 Å². The molecule has 0 saturated carbocycles. The van der Waals surface area contributed by atoms with Gasteiger partial charge in [-0.2, -0.15) is 0 Å². The van der Waals surface area contributed by atoms with Crippen molar-refractivity contribution in [2.75, 3.05) is 24.5 Å². The van der Waals surface area contributed by atoms with Crippen LogP contribution in [0, 0.1) is 0 Å². The Morgan fingerprint density at radius 2 is 2.21 bits per heavy atom. The van der Waals surface area contributed by atoms with Crippen LogP contribution in [0.15, 0.2) is 24.9 Å². The molecule has 0 aromatic carbocycles. The zero-order chi connectivity index (χ0) is 14.1. The van der Waals surface area contributed by atoms with E-state index in [-0.39, 0.29) is 0 Å². The Balaban J connectivity index is 2.82. The van der Waals surface area contributed by atoms with Crippen LogP contribution in [0.5, 0.6) is 0 Å². The van der Waals surface area contributed by atoms with Gasteiger partial charge < -0.3 is 10.2 Å². The van der Waals surface area contributed by atoms with E-state index in [1.54, 1.807) is 6.20 Å². The Hall–Kier alpha value is -1.06. The second kappa shape index (κ2) is 8.94. The van der Waals surface area contributed by atoms with Crippen LogP contribution in [0.1, 0.15) is 32.3 Å². The Morgan fingerprint density at radius 3 is 2.84 bits per heavy atom. The van der Waals surface area contributed by atoms with Gasteiger partial charge in [0.15, 0.2) is 0 Å². The first-order valence-electron chi connectivity index (χ1n) is 6.93. The average Bonchev–Trinajstić information content (AvgIpc) is 2.41. The van der Waals surface area contributed by atoms with Crippen LogP contribution in [0.3, 0.4) is 0 Å². The normalized spacial score (nSPS) is 10.5. The highest BCUT2D eigenvalue weighted by molar-refractivity contribution is 6.31. The van der Waals surface area contributed by atoms with Gasteiger partial charge in [-0.3, -0.25) is 0 Å². The molecule has 0 aliphatic heterocycles. The molecule has 0 aliphatic rings. The molecule has 4 heteroatoms. The Labute approximate surface area is 121 Å². The largest absolute Gasteiger partial charge is 0.353 e. The number of pyridine rings is 1. The van der Waals surface area contributed by atoms with E-state index < -0.39 is 0 Å². The van der Waals surface area contributed by atoms with Crippen molar-refractivity contribution in [1.29, 1.82) is 0 Å². The van der Waals surface area contributed by atoms with E-state index in [2.05, 4.69) is 41.7 Å². The SMILES string of the molecule is C=CCN(CCC)c1cc(CNCCC)c(Cl)cn1. The first kappa shape index (κ1) is 16.0. The maximum Gasteiger partial charge on any atom is 0.129 e. The Kier molecular flexibility index (Phi) is 7.53. The van der Waals surface area contributed by atoms with Crippen molar-refractivity contribution >= 4 is 17.4 Å². The van der Waals surface area contributed by atoms with Crippen LogP contribution in [-0.4, -0.2) is 24.6 Å². The van der Waals surface area contributed by atoms with Crippen molar-refractivity contribution < 1.29 is 0 Å². The van der Waals surface area contributed by atoms with Crippen molar-refractivity contribution in [3.05, 3.63) is 35.5 Å². The summed E-state index contributed by atoms with van der Waals surface area (Å²) in [5.74, 6) is 0.972. The molecule has 106 valence electrons. The van der Waals surface area contributed by atoms with E-state index in [4.69, 9.17) is 11.6 Å². The van der Waals surface area contributed by atoms with Gasteiger partial charge in [-0.1, -0.05) is 31.5 Å². The monoisotopic (exact) mass is 281 g/mol. The smallest absolute Gasteiger partial charge is 0.129 e. The molecule has 0 radical (unpaired) electrons. The predicted molar refractivity (Wildman–Crippen MR) is 83.9 cm³/mol. The molecule has 1 N–H and O–H groups in total. The summed E-state index contributed by atoms with van der Waals surface area (Å²) in [7, 11) is 0. The van der Waals surface area contributed by atoms with Crippen LogP contribution in [0.25, 0.3) is 0 Å². The lowest BCUT2D eigenvalue weighted by molar-refractivity contribution is 0.674. The third-order valence-corrected chi connectivity index (χ3v) is 3.17. The number of hydrogen-bond acceptors (Lipinski definition) is 3. The Morgan fingerprint density at radius 1 is 1.42 bits per heavy atom. The molecule has 0 unspecified atom stereocenters. The van der Waals surface area contributed by atoms with Gasteiger partial charge in [0.05, 0.1) is 5.02 Å².